The van der Waals surface area contributed by atoms with Crippen LogP contribution in [0.2, 0.25) is 0 Å². The van der Waals surface area contributed by atoms with E-state index >= 15 is 0 Å². The van der Waals surface area contributed by atoms with Crippen molar-refractivity contribution in [2.45, 2.75) is 31.4 Å². The lowest BCUT2D eigenvalue weighted by Gasteiger charge is -2.32. The van der Waals surface area contributed by atoms with Crippen LogP contribution in [0.1, 0.15) is 41.3 Å². The SMILES string of the molecule is CN1CCCCC1CNC(=O)c1c(=O)c2ccc(NCC(O)c3ccccc3)nc2n2c1sc1ccccc12. The molecule has 8 nitrogen and oxygen atoms in total. The maximum absolute atomic E-state index is 13.8. The number of rotatable bonds is 7. The third kappa shape index (κ3) is 4.89. The molecule has 200 valence electrons. The van der Waals surface area contributed by atoms with Crippen molar-refractivity contribution in [1.82, 2.24) is 19.6 Å². The lowest BCUT2D eigenvalue weighted by atomic mass is 10.0. The van der Waals surface area contributed by atoms with Crippen LogP contribution in [0.4, 0.5) is 5.82 Å². The highest BCUT2D eigenvalue weighted by Gasteiger charge is 2.25. The molecule has 6 rings (SSSR count). The van der Waals surface area contributed by atoms with E-state index in [4.69, 9.17) is 4.98 Å². The molecule has 4 heterocycles. The molecule has 1 amide bonds. The van der Waals surface area contributed by atoms with E-state index in [1.54, 1.807) is 12.1 Å². The molecule has 0 bridgehead atoms. The first kappa shape index (κ1) is 25.5. The van der Waals surface area contributed by atoms with E-state index in [-0.39, 0.29) is 29.5 Å². The number of hydrogen-bond donors (Lipinski definition) is 3. The van der Waals surface area contributed by atoms with Gasteiger partial charge in [-0.25, -0.2) is 4.98 Å². The first-order chi connectivity index (χ1) is 19.0. The molecular formula is C30H31N5O3S. The summed E-state index contributed by atoms with van der Waals surface area (Å²) >= 11 is 1.42. The summed E-state index contributed by atoms with van der Waals surface area (Å²) in [5, 5.41) is 17.2. The number of aliphatic hydroxyl groups excluding tert-OH is 1. The minimum Gasteiger partial charge on any atom is -0.387 e. The van der Waals surface area contributed by atoms with Gasteiger partial charge in [-0.1, -0.05) is 48.9 Å². The van der Waals surface area contributed by atoms with Crippen LogP contribution in [0, 0.1) is 0 Å². The molecule has 3 N–H and O–H groups in total. The van der Waals surface area contributed by atoms with E-state index in [0.717, 1.165) is 35.2 Å². The fourth-order valence-corrected chi connectivity index (χ4v) is 6.56. The topological polar surface area (TPSA) is 99.0 Å². The molecule has 0 aliphatic carbocycles. The van der Waals surface area contributed by atoms with E-state index in [1.165, 1.54) is 17.8 Å². The number of thiazole rings is 1. The highest BCUT2D eigenvalue weighted by molar-refractivity contribution is 7.24. The van der Waals surface area contributed by atoms with E-state index in [9.17, 15) is 14.7 Å². The molecule has 5 aromatic rings. The second kappa shape index (κ2) is 10.8. The number of carbonyl (C=O) groups is 1. The predicted octanol–water partition coefficient (Wildman–Crippen LogP) is 4.42. The predicted molar refractivity (Wildman–Crippen MR) is 157 cm³/mol. The molecule has 1 aliphatic heterocycles. The van der Waals surface area contributed by atoms with Gasteiger partial charge in [0.1, 0.15) is 16.2 Å². The second-order valence-electron chi connectivity index (χ2n) is 10.1. The maximum Gasteiger partial charge on any atom is 0.258 e. The number of pyridine rings is 2. The number of likely N-dealkylation sites (tertiary alicyclic amines) is 1. The Labute approximate surface area is 229 Å². The van der Waals surface area contributed by atoms with Gasteiger partial charge in [0.25, 0.3) is 5.91 Å². The number of aromatic nitrogens is 2. The zero-order valence-electron chi connectivity index (χ0n) is 21.8. The fourth-order valence-electron chi connectivity index (χ4n) is 5.38. The molecule has 9 heteroatoms. The van der Waals surface area contributed by atoms with Gasteiger partial charge in [-0.3, -0.25) is 14.0 Å². The highest BCUT2D eigenvalue weighted by atomic mass is 32.1. The maximum atomic E-state index is 13.8. The smallest absolute Gasteiger partial charge is 0.258 e. The molecule has 0 radical (unpaired) electrons. The Hall–Kier alpha value is -3.79. The molecular weight excluding hydrogens is 510 g/mol. The zero-order valence-corrected chi connectivity index (χ0v) is 22.6. The number of benzene rings is 2. The summed E-state index contributed by atoms with van der Waals surface area (Å²) < 4.78 is 2.88. The van der Waals surface area contributed by atoms with Crippen molar-refractivity contribution in [3.8, 4) is 0 Å². The fraction of sp³-hybridized carbons (Fsp3) is 0.300. The van der Waals surface area contributed by atoms with Crippen LogP contribution in [0.15, 0.2) is 71.5 Å². The number of piperidine rings is 1. The molecule has 3 aromatic heterocycles. The summed E-state index contributed by atoms with van der Waals surface area (Å²) in [5.41, 5.74) is 2.01. The summed E-state index contributed by atoms with van der Waals surface area (Å²) in [6.45, 7) is 1.79. The monoisotopic (exact) mass is 541 g/mol. The van der Waals surface area contributed by atoms with Gasteiger partial charge in [-0.15, -0.1) is 11.3 Å². The number of fused-ring (bicyclic) bond motifs is 5. The summed E-state index contributed by atoms with van der Waals surface area (Å²) in [6, 6.07) is 21.0. The number of nitrogens with one attached hydrogen (secondary N) is 2. The average molecular weight is 542 g/mol. The van der Waals surface area contributed by atoms with Gasteiger partial charge in [0.15, 0.2) is 5.65 Å². The Morgan fingerprint density at radius 2 is 1.90 bits per heavy atom. The second-order valence-corrected chi connectivity index (χ2v) is 11.2. The van der Waals surface area contributed by atoms with Crippen LogP contribution >= 0.6 is 11.3 Å². The summed E-state index contributed by atoms with van der Waals surface area (Å²) in [4.78, 5) is 34.9. The van der Waals surface area contributed by atoms with Crippen LogP contribution in [0.5, 0.6) is 0 Å². The Morgan fingerprint density at radius 1 is 1.10 bits per heavy atom. The first-order valence-electron chi connectivity index (χ1n) is 13.3. The van der Waals surface area contributed by atoms with Crippen molar-refractivity contribution in [2.24, 2.45) is 0 Å². The highest BCUT2D eigenvalue weighted by Crippen LogP contribution is 2.31. The number of nitrogens with zero attached hydrogens (tertiary/aromatic N) is 3. The summed E-state index contributed by atoms with van der Waals surface area (Å²) in [7, 11) is 2.08. The summed E-state index contributed by atoms with van der Waals surface area (Å²) in [6.07, 6.45) is 2.64. The van der Waals surface area contributed by atoms with Gasteiger partial charge in [0, 0.05) is 19.1 Å². The van der Waals surface area contributed by atoms with Crippen molar-refractivity contribution in [1.29, 1.82) is 0 Å². The van der Waals surface area contributed by atoms with E-state index in [2.05, 4.69) is 22.6 Å². The van der Waals surface area contributed by atoms with Gasteiger partial charge >= 0.3 is 0 Å². The number of likely N-dealkylation sites (N-methyl/N-ethyl adjacent to an activating group) is 1. The largest absolute Gasteiger partial charge is 0.387 e. The third-order valence-electron chi connectivity index (χ3n) is 7.60. The van der Waals surface area contributed by atoms with E-state index < -0.39 is 6.10 Å². The van der Waals surface area contributed by atoms with Crippen LogP contribution < -0.4 is 16.1 Å². The zero-order chi connectivity index (χ0) is 26.9. The third-order valence-corrected chi connectivity index (χ3v) is 8.74. The Kier molecular flexibility index (Phi) is 7.03. The van der Waals surface area contributed by atoms with Crippen molar-refractivity contribution < 1.29 is 9.90 Å². The van der Waals surface area contributed by atoms with Gasteiger partial charge in [-0.2, -0.15) is 0 Å². The lowest BCUT2D eigenvalue weighted by molar-refractivity contribution is 0.0929. The Balaban J connectivity index is 1.39. The molecule has 0 spiro atoms. The van der Waals surface area contributed by atoms with Crippen molar-refractivity contribution in [3.05, 3.63) is 88.1 Å². The first-order valence-corrected chi connectivity index (χ1v) is 14.2. The van der Waals surface area contributed by atoms with Crippen LogP contribution in [0.25, 0.3) is 26.1 Å². The molecule has 2 aromatic carbocycles. The van der Waals surface area contributed by atoms with Gasteiger partial charge in [0.05, 0.1) is 21.7 Å². The number of aliphatic hydroxyl groups is 1. The summed E-state index contributed by atoms with van der Waals surface area (Å²) in [5.74, 6) is 0.191. The quantitative estimate of drug-likeness (QED) is 0.282. The van der Waals surface area contributed by atoms with Gasteiger partial charge in [0.2, 0.25) is 5.43 Å². The molecule has 0 saturated carbocycles. The number of para-hydroxylation sites is 1. The lowest BCUT2D eigenvalue weighted by Crippen LogP contribution is -2.45. The van der Waals surface area contributed by atoms with E-state index in [1.807, 2.05) is 59.0 Å². The van der Waals surface area contributed by atoms with Gasteiger partial charge in [-0.05, 0) is 56.3 Å². The standard InChI is InChI=1S/C30H31N5O3S/c1-34-16-8-7-11-20(34)17-32-29(38)26-27(37)21-14-15-25(31-18-23(36)19-9-3-2-4-10-19)33-28(21)35-22-12-5-6-13-24(22)39-30(26)35/h2-6,9-10,12-15,20,23,36H,7-8,11,16-18H2,1H3,(H,31,33)(H,32,38). The van der Waals surface area contributed by atoms with Crippen molar-refractivity contribution >= 4 is 49.1 Å². The number of amides is 1. The molecule has 1 aliphatic rings. The molecule has 2 atom stereocenters. The van der Waals surface area contributed by atoms with Crippen molar-refractivity contribution in [2.75, 3.05) is 32.0 Å². The van der Waals surface area contributed by atoms with Crippen LogP contribution in [-0.4, -0.2) is 58.0 Å². The Morgan fingerprint density at radius 3 is 2.72 bits per heavy atom. The van der Waals surface area contributed by atoms with Crippen LogP contribution in [0.3, 0.4) is 0 Å². The molecule has 2 unspecified atom stereocenters. The number of hydrogen-bond acceptors (Lipinski definition) is 7. The Bertz CT molecular complexity index is 1710. The number of carbonyl (C=O) groups excluding carboxylic acids is 1. The normalized spacial score (nSPS) is 17.0. The molecule has 1 saturated heterocycles. The molecule has 1 fully saturated rings. The van der Waals surface area contributed by atoms with Crippen molar-refractivity contribution in [3.63, 3.8) is 0 Å². The number of anilines is 1. The van der Waals surface area contributed by atoms with Crippen LogP contribution in [-0.2, 0) is 0 Å². The minimum absolute atomic E-state index is 0.157. The molecule has 39 heavy (non-hydrogen) atoms. The van der Waals surface area contributed by atoms with E-state index in [0.29, 0.717) is 28.2 Å². The average Bonchev–Trinajstić information content (AvgIpc) is 3.35. The van der Waals surface area contributed by atoms with Gasteiger partial charge < -0.3 is 20.6 Å². The minimum atomic E-state index is -0.706.